The molecule has 1 N–H and O–H groups in total. The second-order valence-corrected chi connectivity index (χ2v) is 6.83. The number of nitrogens with zero attached hydrogens (tertiary/aromatic N) is 4. The summed E-state index contributed by atoms with van der Waals surface area (Å²) in [6, 6.07) is 9.18. The van der Waals surface area contributed by atoms with Crippen LogP contribution in [0.4, 0.5) is 5.82 Å². The van der Waals surface area contributed by atoms with Crippen LogP contribution < -0.4 is 4.72 Å². The van der Waals surface area contributed by atoms with Crippen molar-refractivity contribution < 1.29 is 8.42 Å². The van der Waals surface area contributed by atoms with Crippen molar-refractivity contribution in [3.8, 4) is 6.07 Å². The van der Waals surface area contributed by atoms with E-state index in [1.165, 1.54) is 30.6 Å². The predicted octanol–water partition coefficient (Wildman–Crippen LogP) is 2.29. The Morgan fingerprint density at radius 3 is 2.87 bits per heavy atom. The molecule has 0 radical (unpaired) electrons. The van der Waals surface area contributed by atoms with E-state index in [0.717, 1.165) is 0 Å². The maximum atomic E-state index is 12.5. The van der Waals surface area contributed by atoms with Crippen molar-refractivity contribution in [2.75, 3.05) is 4.72 Å². The molecule has 0 amide bonds. The minimum atomic E-state index is -3.92. The minimum Gasteiger partial charge on any atom is -0.334 e. The van der Waals surface area contributed by atoms with Crippen LogP contribution in [0.2, 0.25) is 5.15 Å². The van der Waals surface area contributed by atoms with Gasteiger partial charge in [-0.3, -0.25) is 4.72 Å². The normalized spacial score (nSPS) is 11.3. The zero-order valence-corrected chi connectivity index (χ0v) is 13.4. The van der Waals surface area contributed by atoms with Crippen LogP contribution in [-0.4, -0.2) is 23.0 Å². The number of fused-ring (bicyclic) bond motifs is 1. The van der Waals surface area contributed by atoms with Crippen molar-refractivity contribution in [2.45, 2.75) is 4.90 Å². The molecule has 0 aliphatic rings. The van der Waals surface area contributed by atoms with Crippen molar-refractivity contribution in [2.24, 2.45) is 7.05 Å². The van der Waals surface area contributed by atoms with Gasteiger partial charge in [0.05, 0.1) is 28.4 Å². The first kappa shape index (κ1) is 15.3. The third-order valence-electron chi connectivity index (χ3n) is 3.19. The summed E-state index contributed by atoms with van der Waals surface area (Å²) < 4.78 is 29.1. The lowest BCUT2D eigenvalue weighted by Crippen LogP contribution is -2.14. The van der Waals surface area contributed by atoms with E-state index >= 15 is 0 Å². The lowest BCUT2D eigenvalue weighted by atomic mass is 10.2. The molecule has 2 heterocycles. The fourth-order valence-corrected chi connectivity index (χ4v) is 3.33. The second kappa shape index (κ2) is 5.53. The van der Waals surface area contributed by atoms with Gasteiger partial charge < -0.3 is 4.57 Å². The Kier molecular flexibility index (Phi) is 3.67. The predicted molar refractivity (Wildman–Crippen MR) is 85.5 cm³/mol. The van der Waals surface area contributed by atoms with E-state index < -0.39 is 10.0 Å². The number of aryl methyl sites for hydroxylation is 1. The number of nitrogens with one attached hydrogen (secondary N) is 1. The molecule has 1 aromatic carbocycles. The SMILES string of the molecule is Cn1cnc2c(NS(=O)(=O)c3cccc(C#N)c3)nc(Cl)cc21. The van der Waals surface area contributed by atoms with Gasteiger partial charge in [0.2, 0.25) is 0 Å². The van der Waals surface area contributed by atoms with Gasteiger partial charge in [0.1, 0.15) is 10.7 Å². The zero-order valence-electron chi connectivity index (χ0n) is 11.9. The average Bonchev–Trinajstić information content (AvgIpc) is 2.88. The Bertz CT molecular complexity index is 1050. The van der Waals surface area contributed by atoms with E-state index in [4.69, 9.17) is 16.9 Å². The number of benzene rings is 1. The average molecular weight is 348 g/mol. The van der Waals surface area contributed by atoms with Gasteiger partial charge in [-0.2, -0.15) is 5.26 Å². The van der Waals surface area contributed by atoms with Crippen molar-refractivity contribution in [3.63, 3.8) is 0 Å². The monoisotopic (exact) mass is 347 g/mol. The fourth-order valence-electron chi connectivity index (χ4n) is 2.09. The van der Waals surface area contributed by atoms with Gasteiger partial charge in [0.25, 0.3) is 10.0 Å². The Hall–Kier alpha value is -2.63. The summed E-state index contributed by atoms with van der Waals surface area (Å²) in [5.41, 5.74) is 1.28. The molecule has 3 rings (SSSR count). The molecule has 0 unspecified atom stereocenters. The van der Waals surface area contributed by atoms with Crippen molar-refractivity contribution in [1.29, 1.82) is 5.26 Å². The Morgan fingerprint density at radius 2 is 2.13 bits per heavy atom. The quantitative estimate of drug-likeness (QED) is 0.732. The van der Waals surface area contributed by atoms with E-state index in [0.29, 0.717) is 11.0 Å². The van der Waals surface area contributed by atoms with Gasteiger partial charge in [-0.1, -0.05) is 17.7 Å². The maximum Gasteiger partial charge on any atom is 0.263 e. The number of hydrogen-bond donors (Lipinski definition) is 1. The number of aromatic nitrogens is 3. The Labute approximate surface area is 137 Å². The van der Waals surface area contributed by atoms with Crippen molar-refractivity contribution in [1.82, 2.24) is 14.5 Å². The van der Waals surface area contributed by atoms with E-state index in [-0.39, 0.29) is 21.4 Å². The summed E-state index contributed by atoms with van der Waals surface area (Å²) in [5, 5.41) is 9.03. The van der Waals surface area contributed by atoms with Crippen LogP contribution in [0, 0.1) is 11.3 Å². The summed E-state index contributed by atoms with van der Waals surface area (Å²) in [7, 11) is -2.15. The number of imidazole rings is 1. The van der Waals surface area contributed by atoms with Gasteiger partial charge in [0, 0.05) is 13.1 Å². The van der Waals surface area contributed by atoms with Crippen LogP contribution in [-0.2, 0) is 17.1 Å². The van der Waals surface area contributed by atoms with Gasteiger partial charge in [0.15, 0.2) is 5.82 Å². The third kappa shape index (κ3) is 2.84. The molecule has 0 aliphatic carbocycles. The first-order valence-corrected chi connectivity index (χ1v) is 8.27. The fraction of sp³-hybridized carbons (Fsp3) is 0.0714. The van der Waals surface area contributed by atoms with Crippen molar-refractivity contribution >= 4 is 38.5 Å². The smallest absolute Gasteiger partial charge is 0.263 e. The minimum absolute atomic E-state index is 0.0375. The second-order valence-electron chi connectivity index (χ2n) is 4.76. The highest BCUT2D eigenvalue weighted by molar-refractivity contribution is 7.92. The zero-order chi connectivity index (χ0) is 16.6. The highest BCUT2D eigenvalue weighted by Crippen LogP contribution is 2.25. The lowest BCUT2D eigenvalue weighted by molar-refractivity contribution is 0.601. The summed E-state index contributed by atoms with van der Waals surface area (Å²) in [6.07, 6.45) is 1.54. The van der Waals surface area contributed by atoms with Gasteiger partial charge >= 0.3 is 0 Å². The molecule has 0 saturated heterocycles. The van der Waals surface area contributed by atoms with Crippen LogP contribution in [0.25, 0.3) is 11.0 Å². The van der Waals surface area contributed by atoms with Gasteiger partial charge in [-0.25, -0.2) is 18.4 Å². The third-order valence-corrected chi connectivity index (χ3v) is 4.72. The first-order chi connectivity index (χ1) is 10.9. The van der Waals surface area contributed by atoms with E-state index in [1.54, 1.807) is 17.7 Å². The highest BCUT2D eigenvalue weighted by atomic mass is 35.5. The molecule has 0 fully saturated rings. The molecule has 0 bridgehead atoms. The summed E-state index contributed by atoms with van der Waals surface area (Å²) >= 11 is 5.95. The molecule has 0 spiro atoms. The highest BCUT2D eigenvalue weighted by Gasteiger charge is 2.19. The van der Waals surface area contributed by atoms with Crippen LogP contribution in [0.5, 0.6) is 0 Å². The maximum absolute atomic E-state index is 12.5. The van der Waals surface area contributed by atoms with E-state index in [2.05, 4.69) is 14.7 Å². The van der Waals surface area contributed by atoms with E-state index in [9.17, 15) is 8.42 Å². The number of anilines is 1. The Morgan fingerprint density at radius 1 is 1.35 bits per heavy atom. The van der Waals surface area contributed by atoms with Crippen LogP contribution >= 0.6 is 11.6 Å². The number of sulfonamides is 1. The standard InChI is InChI=1S/C14H10ClN5O2S/c1-20-8-17-13-11(20)6-12(15)18-14(13)19-23(21,22)10-4-2-3-9(5-10)7-16/h2-6,8H,1H3,(H,18,19). The van der Waals surface area contributed by atoms with Gasteiger partial charge in [-0.15, -0.1) is 0 Å². The first-order valence-electron chi connectivity index (χ1n) is 6.41. The van der Waals surface area contributed by atoms with Crippen LogP contribution in [0.3, 0.4) is 0 Å². The van der Waals surface area contributed by atoms with Crippen molar-refractivity contribution in [3.05, 3.63) is 47.4 Å². The number of rotatable bonds is 3. The molecule has 9 heteroatoms. The molecule has 0 aliphatic heterocycles. The molecular weight excluding hydrogens is 338 g/mol. The molecule has 0 atom stereocenters. The van der Waals surface area contributed by atoms with E-state index in [1.807, 2.05) is 6.07 Å². The number of halogens is 1. The molecule has 116 valence electrons. The molecule has 7 nitrogen and oxygen atoms in total. The van der Waals surface area contributed by atoms with Crippen LogP contribution in [0.15, 0.2) is 41.6 Å². The Balaban J connectivity index is 2.09. The molecular formula is C14H10ClN5O2S. The lowest BCUT2D eigenvalue weighted by Gasteiger charge is -2.09. The van der Waals surface area contributed by atoms with Crippen LogP contribution in [0.1, 0.15) is 5.56 Å². The topological polar surface area (TPSA) is 101 Å². The molecule has 3 aromatic rings. The largest absolute Gasteiger partial charge is 0.334 e. The summed E-state index contributed by atoms with van der Waals surface area (Å²) in [5.74, 6) is 0.0375. The number of hydrogen-bond acceptors (Lipinski definition) is 5. The molecule has 2 aromatic heterocycles. The molecule has 0 saturated carbocycles. The number of pyridine rings is 1. The summed E-state index contributed by atoms with van der Waals surface area (Å²) in [4.78, 5) is 8.10. The van der Waals surface area contributed by atoms with Gasteiger partial charge in [-0.05, 0) is 18.2 Å². The number of nitriles is 1. The molecule has 23 heavy (non-hydrogen) atoms. The summed E-state index contributed by atoms with van der Waals surface area (Å²) in [6.45, 7) is 0.